The topological polar surface area (TPSA) is 9.23 Å². The second-order valence-corrected chi connectivity index (χ2v) is 6.96. The molecule has 2 saturated carbocycles. The van der Waals surface area contributed by atoms with Crippen molar-refractivity contribution in [3.05, 3.63) is 24.3 Å². The van der Waals surface area contributed by atoms with Crippen LogP contribution in [0.2, 0.25) is 0 Å². The zero-order chi connectivity index (χ0) is 14.9. The van der Waals surface area contributed by atoms with Gasteiger partial charge in [0.25, 0.3) is 0 Å². The highest BCUT2D eigenvalue weighted by molar-refractivity contribution is 4.94. The smallest absolute Gasteiger partial charge is 0.0647 e. The monoisotopic (exact) mass is 290 g/mol. The summed E-state index contributed by atoms with van der Waals surface area (Å²) in [7, 11) is 0. The van der Waals surface area contributed by atoms with Gasteiger partial charge in [-0.05, 0) is 88.9 Å². The lowest BCUT2D eigenvalue weighted by Gasteiger charge is -2.36. The molecule has 0 heterocycles. The first kappa shape index (κ1) is 16.8. The van der Waals surface area contributed by atoms with Crippen LogP contribution >= 0.6 is 0 Å². The summed E-state index contributed by atoms with van der Waals surface area (Å²) in [5, 5.41) is 0. The fourth-order valence-electron chi connectivity index (χ4n) is 4.32. The molecular formula is C20H34O. The van der Waals surface area contributed by atoms with E-state index in [0.717, 1.165) is 36.9 Å². The van der Waals surface area contributed by atoms with Gasteiger partial charge in [0, 0.05) is 6.61 Å². The number of hydrogen-bond acceptors (Lipinski definition) is 1. The molecule has 0 amide bonds. The Kier molecular flexibility index (Phi) is 7.57. The highest BCUT2D eigenvalue weighted by Gasteiger charge is 2.29. The standard InChI is InChI=1S/C20H34O/c1-3-6-17-8-12-19(13-9-17)20-14-10-18(11-15-20)7-5-16-21-4-2/h3,5-7,17-20H,4,8-16H2,1-2H3/b6-3+,7-5+. The summed E-state index contributed by atoms with van der Waals surface area (Å²) in [6.07, 6.45) is 20.9. The number of rotatable bonds is 6. The van der Waals surface area contributed by atoms with E-state index in [1.165, 1.54) is 51.4 Å². The van der Waals surface area contributed by atoms with Crippen molar-refractivity contribution in [2.24, 2.45) is 23.7 Å². The fourth-order valence-corrected chi connectivity index (χ4v) is 4.32. The highest BCUT2D eigenvalue weighted by Crippen LogP contribution is 2.41. The van der Waals surface area contributed by atoms with E-state index in [-0.39, 0.29) is 0 Å². The molecule has 1 nitrogen and oxygen atoms in total. The summed E-state index contributed by atoms with van der Waals surface area (Å²) in [5.74, 6) is 3.75. The van der Waals surface area contributed by atoms with Crippen molar-refractivity contribution in [2.45, 2.75) is 65.2 Å². The van der Waals surface area contributed by atoms with Crippen LogP contribution in [0.15, 0.2) is 24.3 Å². The Morgan fingerprint density at radius 3 is 1.81 bits per heavy atom. The van der Waals surface area contributed by atoms with Gasteiger partial charge in [-0.3, -0.25) is 0 Å². The molecule has 0 bridgehead atoms. The minimum absolute atomic E-state index is 0.797. The van der Waals surface area contributed by atoms with Crippen LogP contribution in [0, 0.1) is 23.7 Å². The summed E-state index contributed by atoms with van der Waals surface area (Å²) in [5.41, 5.74) is 0. The molecule has 2 fully saturated rings. The molecule has 0 aliphatic heterocycles. The highest BCUT2D eigenvalue weighted by atomic mass is 16.5. The number of ether oxygens (including phenoxy) is 1. The van der Waals surface area contributed by atoms with E-state index in [4.69, 9.17) is 4.74 Å². The van der Waals surface area contributed by atoms with Crippen LogP contribution in [0.5, 0.6) is 0 Å². The molecule has 2 aliphatic carbocycles. The molecule has 2 aliphatic rings. The molecular weight excluding hydrogens is 256 g/mol. The van der Waals surface area contributed by atoms with E-state index in [1.54, 1.807) is 0 Å². The van der Waals surface area contributed by atoms with Crippen LogP contribution in [0.1, 0.15) is 65.2 Å². The van der Waals surface area contributed by atoms with E-state index in [0.29, 0.717) is 0 Å². The molecule has 0 atom stereocenters. The lowest BCUT2D eigenvalue weighted by molar-refractivity contribution is 0.164. The van der Waals surface area contributed by atoms with Gasteiger partial charge in [0.1, 0.15) is 0 Å². The van der Waals surface area contributed by atoms with Crippen molar-refractivity contribution in [1.82, 2.24) is 0 Å². The average Bonchev–Trinajstić information content (AvgIpc) is 2.53. The van der Waals surface area contributed by atoms with Crippen LogP contribution in [-0.2, 0) is 4.74 Å². The molecule has 120 valence electrons. The lowest BCUT2D eigenvalue weighted by Crippen LogP contribution is -2.25. The van der Waals surface area contributed by atoms with Gasteiger partial charge in [-0.2, -0.15) is 0 Å². The minimum Gasteiger partial charge on any atom is -0.378 e. The zero-order valence-corrected chi connectivity index (χ0v) is 14.1. The molecule has 0 aromatic carbocycles. The van der Waals surface area contributed by atoms with Gasteiger partial charge in [0.2, 0.25) is 0 Å². The van der Waals surface area contributed by atoms with Crippen LogP contribution in [0.4, 0.5) is 0 Å². The average molecular weight is 290 g/mol. The summed E-state index contributed by atoms with van der Waals surface area (Å²) in [6.45, 7) is 5.84. The summed E-state index contributed by atoms with van der Waals surface area (Å²) >= 11 is 0. The normalized spacial score (nSPS) is 34.8. The Bertz CT molecular complexity index is 315. The first-order chi connectivity index (χ1) is 10.3. The maximum atomic E-state index is 5.38. The van der Waals surface area contributed by atoms with Crippen molar-refractivity contribution in [3.8, 4) is 0 Å². The van der Waals surface area contributed by atoms with E-state index < -0.39 is 0 Å². The van der Waals surface area contributed by atoms with Crippen molar-refractivity contribution in [3.63, 3.8) is 0 Å². The maximum Gasteiger partial charge on any atom is 0.0647 e. The summed E-state index contributed by atoms with van der Waals surface area (Å²) < 4.78 is 5.38. The molecule has 1 heteroatoms. The Balaban J connectivity index is 1.66. The third-order valence-corrected chi connectivity index (χ3v) is 5.59. The third-order valence-electron chi connectivity index (χ3n) is 5.59. The second kappa shape index (κ2) is 9.46. The first-order valence-electron chi connectivity index (χ1n) is 9.20. The van der Waals surface area contributed by atoms with Gasteiger partial charge >= 0.3 is 0 Å². The van der Waals surface area contributed by atoms with Gasteiger partial charge in [0.15, 0.2) is 0 Å². The lowest BCUT2D eigenvalue weighted by atomic mass is 9.69. The molecule has 0 unspecified atom stereocenters. The predicted molar refractivity (Wildman–Crippen MR) is 91.3 cm³/mol. The van der Waals surface area contributed by atoms with E-state index >= 15 is 0 Å². The van der Waals surface area contributed by atoms with Crippen molar-refractivity contribution in [1.29, 1.82) is 0 Å². The van der Waals surface area contributed by atoms with Gasteiger partial charge in [-0.15, -0.1) is 0 Å². The fraction of sp³-hybridized carbons (Fsp3) is 0.800. The quantitative estimate of drug-likeness (QED) is 0.446. The Morgan fingerprint density at radius 2 is 1.33 bits per heavy atom. The molecule has 0 aromatic rings. The third kappa shape index (κ3) is 5.62. The van der Waals surface area contributed by atoms with Gasteiger partial charge in [-0.25, -0.2) is 0 Å². The first-order valence-corrected chi connectivity index (χ1v) is 9.20. The second-order valence-electron chi connectivity index (χ2n) is 6.96. The SMILES string of the molecule is C/C=C/C1CCC(C2CCC(/C=C/COCC)CC2)CC1. The molecule has 0 saturated heterocycles. The molecule has 0 radical (unpaired) electrons. The van der Waals surface area contributed by atoms with Crippen LogP contribution in [0.25, 0.3) is 0 Å². The predicted octanol–water partition coefficient (Wildman–Crippen LogP) is 5.77. The Labute approximate surface area is 131 Å². The zero-order valence-electron chi connectivity index (χ0n) is 14.1. The Hall–Kier alpha value is -0.560. The Morgan fingerprint density at radius 1 is 0.810 bits per heavy atom. The maximum absolute atomic E-state index is 5.38. The summed E-state index contributed by atoms with van der Waals surface area (Å²) in [6, 6.07) is 0. The molecule has 21 heavy (non-hydrogen) atoms. The minimum atomic E-state index is 0.797. The van der Waals surface area contributed by atoms with Crippen molar-refractivity contribution < 1.29 is 4.74 Å². The van der Waals surface area contributed by atoms with Gasteiger partial charge in [-0.1, -0.05) is 24.3 Å². The van der Waals surface area contributed by atoms with Crippen molar-refractivity contribution >= 4 is 0 Å². The molecule has 0 N–H and O–H groups in total. The summed E-state index contributed by atoms with van der Waals surface area (Å²) in [4.78, 5) is 0. The van der Waals surface area contributed by atoms with E-state index in [1.807, 2.05) is 0 Å². The molecule has 2 rings (SSSR count). The number of allylic oxidation sites excluding steroid dienone is 3. The van der Waals surface area contributed by atoms with E-state index in [9.17, 15) is 0 Å². The van der Waals surface area contributed by atoms with Crippen LogP contribution in [-0.4, -0.2) is 13.2 Å². The molecule has 0 aromatic heterocycles. The van der Waals surface area contributed by atoms with Crippen molar-refractivity contribution in [2.75, 3.05) is 13.2 Å². The van der Waals surface area contributed by atoms with Crippen LogP contribution < -0.4 is 0 Å². The van der Waals surface area contributed by atoms with Gasteiger partial charge in [0.05, 0.1) is 6.61 Å². The van der Waals surface area contributed by atoms with Gasteiger partial charge < -0.3 is 4.74 Å². The van der Waals surface area contributed by atoms with Crippen LogP contribution in [0.3, 0.4) is 0 Å². The van der Waals surface area contributed by atoms with E-state index in [2.05, 4.69) is 38.2 Å². The number of hydrogen-bond donors (Lipinski definition) is 0. The molecule has 0 spiro atoms. The largest absolute Gasteiger partial charge is 0.378 e.